The smallest absolute Gasteiger partial charge is 0.272 e. The van der Waals surface area contributed by atoms with Crippen molar-refractivity contribution in [3.63, 3.8) is 0 Å². The molecule has 4 aromatic carbocycles. The summed E-state index contributed by atoms with van der Waals surface area (Å²) in [5.74, 6) is -0.180. The van der Waals surface area contributed by atoms with Crippen LogP contribution in [0.3, 0.4) is 0 Å². The van der Waals surface area contributed by atoms with Gasteiger partial charge in [0, 0.05) is 37.8 Å². The van der Waals surface area contributed by atoms with Crippen LogP contribution in [0.5, 0.6) is 11.5 Å². The average Bonchev–Trinajstić information content (AvgIpc) is 3.05. The molecule has 0 aliphatic carbocycles. The molecule has 0 spiro atoms. The summed E-state index contributed by atoms with van der Waals surface area (Å²) >= 11 is 14.1. The maximum absolute atomic E-state index is 13.5. The summed E-state index contributed by atoms with van der Waals surface area (Å²) < 4.78 is 10.6. The predicted molar refractivity (Wildman–Crippen MR) is 182 cm³/mol. The van der Waals surface area contributed by atoms with Crippen LogP contribution >= 0.6 is 35.0 Å². The van der Waals surface area contributed by atoms with Gasteiger partial charge in [-0.15, -0.1) is 11.8 Å². The van der Waals surface area contributed by atoms with Crippen molar-refractivity contribution < 1.29 is 23.9 Å². The van der Waals surface area contributed by atoms with Crippen LogP contribution in [0.4, 0.5) is 11.4 Å². The standard InChI is InChI=1S/C34H31Cl2N3O5S/c1-4-31(34(42)38-28-17-16-23(43-2)19-30(28)44-3)45-24-13-8-12-22(18-24)37-33(41)29(20-25-26(35)14-9-15-27(25)36)39-32(40)21-10-6-5-7-11-21/h5-20,31H,4H2,1-3H3,(H,37,41)(H,38,42)(H,39,40)/b29-20+. The fraction of sp³-hybridized carbons (Fsp3) is 0.147. The lowest BCUT2D eigenvalue weighted by molar-refractivity contribution is -0.116. The number of rotatable bonds is 12. The third kappa shape index (κ3) is 9.04. The molecule has 0 radical (unpaired) electrons. The van der Waals surface area contributed by atoms with E-state index in [1.165, 1.54) is 24.9 Å². The summed E-state index contributed by atoms with van der Waals surface area (Å²) in [6.07, 6.45) is 1.98. The number of nitrogens with one attached hydrogen (secondary N) is 3. The first kappa shape index (κ1) is 33.5. The quantitative estimate of drug-likeness (QED) is 0.105. The maximum Gasteiger partial charge on any atom is 0.272 e. The molecule has 3 amide bonds. The molecule has 45 heavy (non-hydrogen) atoms. The third-order valence-corrected chi connectivity index (χ3v) is 8.53. The summed E-state index contributed by atoms with van der Waals surface area (Å²) in [5.41, 5.74) is 1.68. The summed E-state index contributed by atoms with van der Waals surface area (Å²) in [7, 11) is 3.08. The molecule has 0 heterocycles. The second-order valence-electron chi connectivity index (χ2n) is 9.57. The van der Waals surface area contributed by atoms with Crippen molar-refractivity contribution >= 4 is 70.1 Å². The number of halogens is 2. The zero-order valence-electron chi connectivity index (χ0n) is 24.7. The molecule has 0 bridgehead atoms. The number of hydrogen-bond acceptors (Lipinski definition) is 6. The predicted octanol–water partition coefficient (Wildman–Crippen LogP) is 7.93. The summed E-state index contributed by atoms with van der Waals surface area (Å²) in [6, 6.07) is 25.7. The van der Waals surface area contributed by atoms with Crippen molar-refractivity contribution in [1.82, 2.24) is 5.32 Å². The van der Waals surface area contributed by atoms with Crippen molar-refractivity contribution in [1.29, 1.82) is 0 Å². The van der Waals surface area contributed by atoms with E-state index >= 15 is 0 Å². The monoisotopic (exact) mass is 663 g/mol. The lowest BCUT2D eigenvalue weighted by atomic mass is 10.1. The normalized spacial score (nSPS) is 11.7. The largest absolute Gasteiger partial charge is 0.497 e. The Morgan fingerprint density at radius 3 is 2.22 bits per heavy atom. The highest BCUT2D eigenvalue weighted by atomic mass is 35.5. The van der Waals surface area contributed by atoms with Crippen LogP contribution in [-0.2, 0) is 9.59 Å². The molecule has 0 fully saturated rings. The van der Waals surface area contributed by atoms with Gasteiger partial charge in [-0.3, -0.25) is 14.4 Å². The van der Waals surface area contributed by atoms with Crippen LogP contribution in [-0.4, -0.2) is 37.2 Å². The fourth-order valence-electron chi connectivity index (χ4n) is 4.18. The average molecular weight is 665 g/mol. The molecule has 0 saturated heterocycles. The van der Waals surface area contributed by atoms with Crippen LogP contribution in [0, 0.1) is 0 Å². The zero-order valence-corrected chi connectivity index (χ0v) is 27.1. The Labute approximate surface area is 276 Å². The van der Waals surface area contributed by atoms with Gasteiger partial charge in [0.25, 0.3) is 11.8 Å². The number of amides is 3. The highest BCUT2D eigenvalue weighted by molar-refractivity contribution is 8.00. The van der Waals surface area contributed by atoms with Gasteiger partial charge in [-0.05, 0) is 67.1 Å². The first-order chi connectivity index (χ1) is 21.7. The first-order valence-electron chi connectivity index (χ1n) is 13.9. The minimum Gasteiger partial charge on any atom is -0.497 e. The van der Waals surface area contributed by atoms with E-state index in [1.54, 1.807) is 92.0 Å². The van der Waals surface area contributed by atoms with Gasteiger partial charge >= 0.3 is 0 Å². The minimum atomic E-state index is -0.589. The second kappa shape index (κ2) is 16.0. The molecule has 4 aromatic rings. The number of thioether (sulfide) groups is 1. The van der Waals surface area contributed by atoms with E-state index in [-0.39, 0.29) is 11.6 Å². The Hall–Kier alpha value is -4.44. The molecule has 0 aliphatic heterocycles. The zero-order chi connectivity index (χ0) is 32.3. The molecular weight excluding hydrogens is 633 g/mol. The van der Waals surface area contributed by atoms with E-state index in [4.69, 9.17) is 32.7 Å². The van der Waals surface area contributed by atoms with Crippen LogP contribution in [0.1, 0.15) is 29.3 Å². The van der Waals surface area contributed by atoms with Crippen LogP contribution < -0.4 is 25.4 Å². The van der Waals surface area contributed by atoms with Crippen molar-refractivity contribution in [3.05, 3.63) is 118 Å². The van der Waals surface area contributed by atoms with E-state index in [0.717, 1.165) is 4.90 Å². The molecule has 0 aromatic heterocycles. The van der Waals surface area contributed by atoms with E-state index in [0.29, 0.717) is 50.5 Å². The molecule has 0 saturated carbocycles. The second-order valence-corrected chi connectivity index (χ2v) is 11.7. The van der Waals surface area contributed by atoms with Gasteiger partial charge in [-0.25, -0.2) is 0 Å². The Morgan fingerprint density at radius 2 is 1.56 bits per heavy atom. The van der Waals surface area contributed by atoms with Gasteiger partial charge in [-0.1, -0.05) is 60.5 Å². The van der Waals surface area contributed by atoms with Gasteiger partial charge in [0.1, 0.15) is 17.2 Å². The van der Waals surface area contributed by atoms with Gasteiger partial charge in [-0.2, -0.15) is 0 Å². The Kier molecular flexibility index (Phi) is 11.9. The minimum absolute atomic E-state index is 0.0591. The maximum atomic E-state index is 13.5. The number of carbonyl (C=O) groups excluding carboxylic acids is 3. The Balaban J connectivity index is 1.53. The van der Waals surface area contributed by atoms with Crippen molar-refractivity contribution in [2.24, 2.45) is 0 Å². The molecular formula is C34H31Cl2N3O5S. The van der Waals surface area contributed by atoms with E-state index < -0.39 is 17.1 Å². The molecule has 232 valence electrons. The lowest BCUT2D eigenvalue weighted by Gasteiger charge is -2.17. The van der Waals surface area contributed by atoms with Gasteiger partial charge in [0.2, 0.25) is 5.91 Å². The molecule has 1 unspecified atom stereocenters. The number of anilines is 2. The Bertz CT molecular complexity index is 1700. The number of benzene rings is 4. The SMILES string of the molecule is CCC(Sc1cccc(NC(=O)/C(=C\c2c(Cl)cccc2Cl)NC(=O)c2ccccc2)c1)C(=O)Nc1ccc(OC)cc1OC. The summed E-state index contributed by atoms with van der Waals surface area (Å²) in [4.78, 5) is 40.5. The number of hydrogen-bond donors (Lipinski definition) is 3. The molecule has 0 aliphatic rings. The number of methoxy groups -OCH3 is 2. The van der Waals surface area contributed by atoms with Gasteiger partial charge in [0.15, 0.2) is 0 Å². The Morgan fingerprint density at radius 1 is 0.844 bits per heavy atom. The first-order valence-corrected chi connectivity index (χ1v) is 15.5. The van der Waals surface area contributed by atoms with E-state index in [1.807, 2.05) is 13.0 Å². The van der Waals surface area contributed by atoms with Gasteiger partial charge in [0.05, 0.1) is 25.2 Å². The molecule has 1 atom stereocenters. The molecule has 3 N–H and O–H groups in total. The van der Waals surface area contributed by atoms with Crippen molar-refractivity contribution in [2.45, 2.75) is 23.5 Å². The highest BCUT2D eigenvalue weighted by Crippen LogP contribution is 2.32. The third-order valence-electron chi connectivity index (χ3n) is 6.52. The number of carbonyl (C=O) groups is 3. The van der Waals surface area contributed by atoms with E-state index in [9.17, 15) is 14.4 Å². The summed E-state index contributed by atoms with van der Waals surface area (Å²) in [5, 5.41) is 8.64. The number of ether oxygens (including phenoxy) is 2. The summed E-state index contributed by atoms with van der Waals surface area (Å²) in [6.45, 7) is 1.92. The molecule has 8 nitrogen and oxygen atoms in total. The van der Waals surface area contributed by atoms with Gasteiger partial charge < -0.3 is 25.4 Å². The van der Waals surface area contributed by atoms with Crippen molar-refractivity contribution in [2.75, 3.05) is 24.9 Å². The molecule has 11 heteroatoms. The van der Waals surface area contributed by atoms with Crippen LogP contribution in [0.15, 0.2) is 102 Å². The topological polar surface area (TPSA) is 106 Å². The highest BCUT2D eigenvalue weighted by Gasteiger charge is 2.21. The van der Waals surface area contributed by atoms with Crippen LogP contribution in [0.25, 0.3) is 6.08 Å². The molecule has 4 rings (SSSR count). The van der Waals surface area contributed by atoms with Crippen LogP contribution in [0.2, 0.25) is 10.0 Å². The lowest BCUT2D eigenvalue weighted by Crippen LogP contribution is -2.30. The van der Waals surface area contributed by atoms with E-state index in [2.05, 4.69) is 16.0 Å². The van der Waals surface area contributed by atoms with Crippen molar-refractivity contribution in [3.8, 4) is 11.5 Å². The fourth-order valence-corrected chi connectivity index (χ4v) is 5.70.